The van der Waals surface area contributed by atoms with Crippen molar-refractivity contribution < 1.29 is 17.2 Å². The quantitative estimate of drug-likeness (QED) is 0.822. The molecule has 1 aromatic heterocycles. The molecule has 0 aliphatic heterocycles. The molecule has 132 valence electrons. The summed E-state index contributed by atoms with van der Waals surface area (Å²) in [5.74, 6) is -0.283. The molecule has 0 radical (unpaired) electrons. The van der Waals surface area contributed by atoms with Crippen LogP contribution in [0, 0.1) is 6.92 Å². The van der Waals surface area contributed by atoms with E-state index in [0.717, 1.165) is 12.3 Å². The van der Waals surface area contributed by atoms with Gasteiger partial charge in [0.25, 0.3) is 0 Å². The van der Waals surface area contributed by atoms with Gasteiger partial charge < -0.3 is 0 Å². The molecule has 0 unspecified atom stereocenters. The smallest absolute Gasteiger partial charge is 0.281 e. The zero-order chi connectivity index (χ0) is 18.4. The summed E-state index contributed by atoms with van der Waals surface area (Å²) < 4.78 is 51.4. The second-order valence-electron chi connectivity index (χ2n) is 4.64. The third-order valence-electron chi connectivity index (χ3n) is 2.82. The average Bonchev–Trinajstić information content (AvgIpc) is 2.69. The fourth-order valence-corrected chi connectivity index (χ4v) is 3.61. The van der Waals surface area contributed by atoms with Crippen LogP contribution in [0.5, 0.6) is 0 Å². The van der Waals surface area contributed by atoms with Gasteiger partial charge in [-0.15, -0.1) is 5.10 Å². The van der Waals surface area contributed by atoms with E-state index in [0.29, 0.717) is 4.68 Å². The summed E-state index contributed by atoms with van der Waals surface area (Å²) in [6, 6.07) is 1.11. The highest BCUT2D eigenvalue weighted by Crippen LogP contribution is 2.40. The van der Waals surface area contributed by atoms with Crippen LogP contribution in [0.4, 0.5) is 14.5 Å². The van der Waals surface area contributed by atoms with E-state index in [1.165, 1.54) is 6.92 Å². The van der Waals surface area contributed by atoms with Gasteiger partial charge in [0.2, 0.25) is 10.0 Å². The van der Waals surface area contributed by atoms with Crippen molar-refractivity contribution in [2.75, 3.05) is 11.0 Å². The number of hydrogen-bond donors (Lipinski definition) is 1. The fourth-order valence-electron chi connectivity index (χ4n) is 1.90. The number of benzene rings is 1. The second-order valence-corrected chi connectivity index (χ2v) is 7.58. The molecule has 0 fully saturated rings. The van der Waals surface area contributed by atoms with Crippen molar-refractivity contribution in [1.29, 1.82) is 0 Å². The van der Waals surface area contributed by atoms with Crippen LogP contribution in [0.1, 0.15) is 12.4 Å². The van der Waals surface area contributed by atoms with Crippen LogP contribution < -0.4 is 10.4 Å². The van der Waals surface area contributed by atoms with Gasteiger partial charge in [-0.25, -0.2) is 17.8 Å². The van der Waals surface area contributed by atoms with E-state index in [1.54, 1.807) is 0 Å². The molecule has 13 heteroatoms. The molecule has 1 heterocycles. The number of aryl methyl sites for hydroxylation is 1. The Balaban J connectivity index is 2.80. The van der Waals surface area contributed by atoms with E-state index in [-0.39, 0.29) is 36.8 Å². The summed E-state index contributed by atoms with van der Waals surface area (Å²) in [7, 11) is -3.76. The number of rotatable bonds is 4. The van der Waals surface area contributed by atoms with Gasteiger partial charge in [0.15, 0.2) is 0 Å². The van der Waals surface area contributed by atoms with Gasteiger partial charge in [0.05, 0.1) is 27.0 Å². The van der Waals surface area contributed by atoms with Crippen LogP contribution in [0.2, 0.25) is 15.1 Å². The monoisotopic (exact) mass is 420 g/mol. The maximum atomic E-state index is 12.9. The molecule has 0 saturated carbocycles. The highest BCUT2D eigenvalue weighted by atomic mass is 35.5. The van der Waals surface area contributed by atoms with E-state index in [1.807, 2.05) is 0 Å². The number of alkyl halides is 2. The zero-order valence-electron chi connectivity index (χ0n) is 12.0. The van der Waals surface area contributed by atoms with Crippen molar-refractivity contribution >= 4 is 50.5 Å². The third kappa shape index (κ3) is 3.51. The molecule has 0 saturated heterocycles. The van der Waals surface area contributed by atoms with E-state index >= 15 is 0 Å². The largest absolute Gasteiger partial charge is 0.355 e. The first-order chi connectivity index (χ1) is 10.9. The Morgan fingerprint density at radius 2 is 1.83 bits per heavy atom. The van der Waals surface area contributed by atoms with Gasteiger partial charge >= 0.3 is 12.2 Å². The molecule has 0 amide bonds. The first-order valence-corrected chi connectivity index (χ1v) is 9.08. The highest BCUT2D eigenvalue weighted by Gasteiger charge is 2.24. The number of hydrogen-bond acceptors (Lipinski definition) is 4. The van der Waals surface area contributed by atoms with E-state index < -0.39 is 22.3 Å². The van der Waals surface area contributed by atoms with Crippen LogP contribution in [0.3, 0.4) is 0 Å². The van der Waals surface area contributed by atoms with Crippen molar-refractivity contribution in [3.63, 3.8) is 0 Å². The maximum Gasteiger partial charge on any atom is 0.355 e. The summed E-state index contributed by atoms with van der Waals surface area (Å²) in [5, 5.41) is 3.01. The number of sulfonamides is 1. The van der Waals surface area contributed by atoms with Gasteiger partial charge in [-0.1, -0.05) is 34.8 Å². The molecule has 24 heavy (non-hydrogen) atoms. The molecule has 0 aliphatic rings. The van der Waals surface area contributed by atoms with Gasteiger partial charge in [0, 0.05) is 0 Å². The molecular formula is C11H9Cl3F2N4O3S. The maximum absolute atomic E-state index is 12.9. The second kappa shape index (κ2) is 6.51. The van der Waals surface area contributed by atoms with Gasteiger partial charge in [-0.3, -0.25) is 4.72 Å². The molecule has 1 aromatic carbocycles. The van der Waals surface area contributed by atoms with E-state index in [2.05, 4.69) is 9.82 Å². The lowest BCUT2D eigenvalue weighted by Crippen LogP contribution is -2.25. The molecule has 0 spiro atoms. The number of anilines is 1. The predicted molar refractivity (Wildman–Crippen MR) is 87.3 cm³/mol. The molecule has 2 aromatic rings. The Bertz CT molecular complexity index is 972. The molecule has 2 rings (SSSR count). The lowest BCUT2D eigenvalue weighted by atomic mass is 10.3. The number of nitrogens with zero attached hydrogens (tertiary/aromatic N) is 3. The Kier molecular flexibility index (Phi) is 5.14. The first kappa shape index (κ1) is 19.0. The zero-order valence-corrected chi connectivity index (χ0v) is 15.1. The van der Waals surface area contributed by atoms with Gasteiger partial charge in [-0.05, 0) is 13.0 Å². The van der Waals surface area contributed by atoms with Crippen LogP contribution in [0.25, 0.3) is 5.69 Å². The summed E-state index contributed by atoms with van der Waals surface area (Å²) in [4.78, 5) is 12.1. The summed E-state index contributed by atoms with van der Waals surface area (Å²) >= 11 is 18.0. The van der Waals surface area contributed by atoms with Crippen LogP contribution in [0.15, 0.2) is 10.9 Å². The summed E-state index contributed by atoms with van der Waals surface area (Å²) in [5.41, 5.74) is -1.73. The van der Waals surface area contributed by atoms with E-state index in [9.17, 15) is 22.0 Å². The SMILES string of the molecule is Cc1nn(-c2c(Cl)cc(Cl)c(NS(C)(=O)=O)c2Cl)c(=O)n1C(F)F. The highest BCUT2D eigenvalue weighted by molar-refractivity contribution is 7.92. The molecular weight excluding hydrogens is 413 g/mol. The minimum absolute atomic E-state index is 0.130. The van der Waals surface area contributed by atoms with Crippen molar-refractivity contribution in [2.24, 2.45) is 0 Å². The fraction of sp³-hybridized carbons (Fsp3) is 0.273. The molecule has 1 N–H and O–H groups in total. The number of aromatic nitrogens is 3. The summed E-state index contributed by atoms with van der Waals surface area (Å²) in [6.45, 7) is -1.93. The van der Waals surface area contributed by atoms with Crippen molar-refractivity contribution in [2.45, 2.75) is 13.5 Å². The minimum atomic E-state index is -3.76. The van der Waals surface area contributed by atoms with Crippen LogP contribution >= 0.6 is 34.8 Å². The van der Waals surface area contributed by atoms with Crippen molar-refractivity contribution in [3.05, 3.63) is 37.4 Å². The Hall–Kier alpha value is -1.36. The topological polar surface area (TPSA) is 86.0 Å². The van der Waals surface area contributed by atoms with Crippen LogP contribution in [-0.2, 0) is 10.0 Å². The van der Waals surface area contributed by atoms with E-state index in [4.69, 9.17) is 34.8 Å². The average molecular weight is 422 g/mol. The predicted octanol–water partition coefficient (Wildman–Crippen LogP) is 3.07. The minimum Gasteiger partial charge on any atom is -0.281 e. The van der Waals surface area contributed by atoms with Crippen molar-refractivity contribution in [3.8, 4) is 5.69 Å². The van der Waals surface area contributed by atoms with Crippen LogP contribution in [-0.4, -0.2) is 29.0 Å². The molecule has 0 atom stereocenters. The Morgan fingerprint density at radius 1 is 1.25 bits per heavy atom. The van der Waals surface area contributed by atoms with Crippen molar-refractivity contribution in [1.82, 2.24) is 14.3 Å². The number of halogens is 5. The lowest BCUT2D eigenvalue weighted by Gasteiger charge is -2.13. The standard InChI is InChI=1S/C11H9Cl3F2N4O3S/c1-4-17-20(11(21)19(4)10(15)16)9-6(13)3-5(12)8(7(9)14)18-24(2,22)23/h3,10,18H,1-2H3. The first-order valence-electron chi connectivity index (χ1n) is 6.06. The lowest BCUT2D eigenvalue weighted by molar-refractivity contribution is 0.0640. The number of nitrogens with one attached hydrogen (secondary N) is 1. The Morgan fingerprint density at radius 3 is 2.29 bits per heavy atom. The third-order valence-corrected chi connectivity index (χ3v) is 4.35. The summed E-state index contributed by atoms with van der Waals surface area (Å²) in [6.07, 6.45) is 0.857. The van der Waals surface area contributed by atoms with Gasteiger partial charge in [-0.2, -0.15) is 13.5 Å². The van der Waals surface area contributed by atoms with Gasteiger partial charge in [0.1, 0.15) is 11.5 Å². The normalized spacial score (nSPS) is 12.0. The molecule has 0 bridgehead atoms. The Labute approximate surface area is 149 Å². The molecule has 0 aliphatic carbocycles. The molecule has 7 nitrogen and oxygen atoms in total.